The zero-order chi connectivity index (χ0) is 19.4. The van der Waals surface area contributed by atoms with Crippen molar-refractivity contribution < 1.29 is 9.00 Å². The topological polar surface area (TPSA) is 103 Å². The van der Waals surface area contributed by atoms with Crippen LogP contribution in [0.3, 0.4) is 0 Å². The number of carbonyl (C=O) groups is 1. The minimum absolute atomic E-state index is 0.0613. The average molecular weight is 406 g/mol. The van der Waals surface area contributed by atoms with Crippen molar-refractivity contribution >= 4 is 27.2 Å². The summed E-state index contributed by atoms with van der Waals surface area (Å²) < 4.78 is 20.4. The van der Waals surface area contributed by atoms with Gasteiger partial charge in [0.2, 0.25) is 0 Å². The molecule has 0 spiro atoms. The summed E-state index contributed by atoms with van der Waals surface area (Å²) in [5.74, 6) is -0.492. The molecular formula is C19H20ClN3O3S. The lowest BCUT2D eigenvalue weighted by Gasteiger charge is -2.15. The first-order chi connectivity index (χ1) is 12.9. The Kier molecular flexibility index (Phi) is 5.82. The summed E-state index contributed by atoms with van der Waals surface area (Å²) in [6.45, 7) is 0.0613. The Morgan fingerprint density at radius 2 is 2.07 bits per heavy atom. The van der Waals surface area contributed by atoms with Gasteiger partial charge in [-0.3, -0.25) is 9.59 Å². The maximum absolute atomic E-state index is 12.4. The molecule has 0 radical (unpaired) electrons. The molecule has 1 aromatic carbocycles. The van der Waals surface area contributed by atoms with E-state index in [1.54, 1.807) is 24.3 Å². The first-order valence-electron chi connectivity index (χ1n) is 8.61. The van der Waals surface area contributed by atoms with Crippen LogP contribution < -0.4 is 10.9 Å². The van der Waals surface area contributed by atoms with Crippen molar-refractivity contribution in [2.75, 3.05) is 6.54 Å². The molecule has 1 aromatic heterocycles. The minimum Gasteiger partial charge on any atom is -0.348 e. The lowest BCUT2D eigenvalue weighted by atomic mass is 9.95. The summed E-state index contributed by atoms with van der Waals surface area (Å²) in [7, 11) is -3.15. The highest BCUT2D eigenvalue weighted by Gasteiger charge is 2.16. The van der Waals surface area contributed by atoms with Gasteiger partial charge in [0.05, 0.1) is 14.6 Å². The van der Waals surface area contributed by atoms with E-state index in [9.17, 15) is 13.8 Å². The van der Waals surface area contributed by atoms with E-state index in [0.717, 1.165) is 36.9 Å². The van der Waals surface area contributed by atoms with Crippen LogP contribution in [0.2, 0.25) is 5.02 Å². The number of nitrogens with one attached hydrogen (secondary N) is 3. The number of rotatable bonds is 5. The van der Waals surface area contributed by atoms with Crippen LogP contribution in [-0.4, -0.2) is 21.6 Å². The van der Waals surface area contributed by atoms with Crippen LogP contribution in [0, 0.1) is 4.78 Å². The fraction of sp³-hybridized carbons (Fsp3) is 0.263. The molecule has 1 amide bonds. The van der Waals surface area contributed by atoms with E-state index in [-0.39, 0.29) is 12.1 Å². The molecule has 0 aliphatic heterocycles. The smallest absolute Gasteiger partial charge is 0.261 e. The summed E-state index contributed by atoms with van der Waals surface area (Å²) in [5, 5.41) is 4.24. The van der Waals surface area contributed by atoms with Gasteiger partial charge >= 0.3 is 0 Å². The Balaban J connectivity index is 1.66. The molecule has 1 atom stereocenters. The normalized spacial score (nSPS) is 15.9. The Labute approximate surface area is 162 Å². The summed E-state index contributed by atoms with van der Waals surface area (Å²) in [6.07, 6.45) is 5.21. The molecule has 1 aliphatic carbocycles. The van der Waals surface area contributed by atoms with Crippen molar-refractivity contribution in [1.29, 1.82) is 4.78 Å². The van der Waals surface area contributed by atoms with Crippen LogP contribution in [0.4, 0.5) is 0 Å². The molecule has 3 N–H and O–H groups in total. The predicted molar refractivity (Wildman–Crippen MR) is 106 cm³/mol. The number of pyridine rings is 1. The molecule has 8 heteroatoms. The first-order valence-corrected chi connectivity index (χ1v) is 10.6. The fourth-order valence-corrected chi connectivity index (χ4v) is 4.37. The molecule has 0 fully saturated rings. The second kappa shape index (κ2) is 8.10. The third kappa shape index (κ3) is 4.67. The van der Waals surface area contributed by atoms with E-state index < -0.39 is 21.2 Å². The number of hydrogen-bond acceptors (Lipinski definition) is 4. The molecule has 0 saturated carbocycles. The highest BCUT2D eigenvalue weighted by molar-refractivity contribution is 7.95. The lowest BCUT2D eigenvalue weighted by Crippen LogP contribution is -2.31. The molecule has 3 rings (SSSR count). The second-order valence-corrected chi connectivity index (χ2v) is 8.74. The van der Waals surface area contributed by atoms with Gasteiger partial charge in [-0.25, -0.2) is 8.99 Å². The third-order valence-corrected chi connectivity index (χ3v) is 6.16. The molecule has 1 aliphatic rings. The van der Waals surface area contributed by atoms with Gasteiger partial charge in [-0.15, -0.1) is 0 Å². The number of aromatic amines is 1. The quantitative estimate of drug-likeness (QED) is 0.711. The van der Waals surface area contributed by atoms with Gasteiger partial charge < -0.3 is 10.3 Å². The van der Waals surface area contributed by atoms with Crippen LogP contribution in [-0.2, 0) is 22.6 Å². The summed E-state index contributed by atoms with van der Waals surface area (Å²) >= 11 is 5.86. The number of amides is 1. The number of aryl methyl sites for hydroxylation is 2. The van der Waals surface area contributed by atoms with Crippen molar-refractivity contribution in [2.45, 2.75) is 30.6 Å². The van der Waals surface area contributed by atoms with Gasteiger partial charge in [-0.2, -0.15) is 0 Å². The molecule has 6 nitrogen and oxygen atoms in total. The molecule has 2 aromatic rings. The van der Waals surface area contributed by atoms with Gasteiger partial charge in [-0.05, 0) is 55.5 Å². The van der Waals surface area contributed by atoms with Crippen LogP contribution in [0.5, 0.6) is 0 Å². The van der Waals surface area contributed by atoms with Gasteiger partial charge in [0.1, 0.15) is 5.56 Å². The van der Waals surface area contributed by atoms with E-state index in [0.29, 0.717) is 9.92 Å². The number of aromatic nitrogens is 1. The van der Waals surface area contributed by atoms with E-state index in [1.165, 1.54) is 17.6 Å². The van der Waals surface area contributed by atoms with Gasteiger partial charge in [0.15, 0.2) is 0 Å². The lowest BCUT2D eigenvalue weighted by molar-refractivity contribution is 0.0956. The third-order valence-electron chi connectivity index (χ3n) is 4.40. The maximum Gasteiger partial charge on any atom is 0.261 e. The van der Waals surface area contributed by atoms with E-state index >= 15 is 0 Å². The van der Waals surface area contributed by atoms with Crippen LogP contribution in [0.1, 0.15) is 34.5 Å². The zero-order valence-corrected chi connectivity index (χ0v) is 16.2. The zero-order valence-electron chi connectivity index (χ0n) is 14.6. The molecule has 0 saturated heterocycles. The molecule has 0 bridgehead atoms. The van der Waals surface area contributed by atoms with Crippen molar-refractivity contribution in [2.24, 2.45) is 0 Å². The van der Waals surface area contributed by atoms with Crippen LogP contribution in [0.15, 0.2) is 51.5 Å². The number of fused-ring (bicyclic) bond motifs is 1. The van der Waals surface area contributed by atoms with Gasteiger partial charge in [0.25, 0.3) is 11.5 Å². The van der Waals surface area contributed by atoms with Crippen LogP contribution >= 0.6 is 11.6 Å². The van der Waals surface area contributed by atoms with E-state index in [4.69, 9.17) is 16.4 Å². The molecule has 27 heavy (non-hydrogen) atoms. The van der Waals surface area contributed by atoms with Gasteiger partial charge in [-0.1, -0.05) is 23.7 Å². The monoisotopic (exact) mass is 405 g/mol. The SMILES string of the molecule is N=S(=O)(/C=C/CNC(=O)c1cc2c([nH]c1=O)CCCC2)c1cccc(Cl)c1. The maximum atomic E-state index is 12.4. The fourth-order valence-electron chi connectivity index (χ4n) is 3.01. The number of carbonyl (C=O) groups excluding carboxylic acids is 1. The number of H-pyrrole nitrogens is 1. The first kappa shape index (κ1) is 19.4. The minimum atomic E-state index is -3.15. The standard InChI is InChI=1S/C19H20ClN3O3S/c20-14-6-3-7-15(12-14)27(21,26)10-4-9-22-18(24)16-11-13-5-1-2-8-17(13)23-19(16)25/h3-4,6-7,10-12,21H,1-2,5,8-9H2,(H,22,24)(H,23,25)/b10-4+. The molecular weight excluding hydrogens is 386 g/mol. The van der Waals surface area contributed by atoms with Crippen molar-refractivity contribution in [3.8, 4) is 0 Å². The second-order valence-electron chi connectivity index (χ2n) is 6.36. The average Bonchev–Trinajstić information content (AvgIpc) is 2.64. The van der Waals surface area contributed by atoms with E-state index in [2.05, 4.69) is 10.3 Å². The van der Waals surface area contributed by atoms with Gasteiger partial charge in [0, 0.05) is 22.7 Å². The highest BCUT2D eigenvalue weighted by Crippen LogP contribution is 2.19. The number of hydrogen-bond donors (Lipinski definition) is 3. The largest absolute Gasteiger partial charge is 0.348 e. The molecule has 1 heterocycles. The Morgan fingerprint density at radius 1 is 1.30 bits per heavy atom. The summed E-state index contributed by atoms with van der Waals surface area (Å²) in [4.78, 5) is 27.5. The van der Waals surface area contributed by atoms with Crippen molar-refractivity contribution in [3.63, 3.8) is 0 Å². The van der Waals surface area contributed by atoms with Crippen molar-refractivity contribution in [3.05, 3.63) is 74.0 Å². The summed E-state index contributed by atoms with van der Waals surface area (Å²) in [6, 6.07) is 7.97. The van der Waals surface area contributed by atoms with Crippen molar-refractivity contribution in [1.82, 2.24) is 10.3 Å². The number of benzene rings is 1. The predicted octanol–water partition coefficient (Wildman–Crippen LogP) is 3.26. The highest BCUT2D eigenvalue weighted by atomic mass is 35.5. The number of halogens is 1. The van der Waals surface area contributed by atoms with Crippen LogP contribution in [0.25, 0.3) is 0 Å². The Hall–Kier alpha value is -2.38. The molecule has 1 unspecified atom stereocenters. The van der Waals surface area contributed by atoms with E-state index in [1.807, 2.05) is 0 Å². The molecule has 142 valence electrons. The Morgan fingerprint density at radius 3 is 2.85 bits per heavy atom. The Bertz CT molecular complexity index is 1060. The summed E-state index contributed by atoms with van der Waals surface area (Å²) in [5.41, 5.74) is 1.60.